The molecule has 0 aromatic heterocycles. The molecule has 9 nitrogen and oxygen atoms in total. The fraction of sp³-hybridized carbons (Fsp3) is 0.930. The number of unbranched alkanes of at least 4 members (excludes halogenated alkanes) is 22. The van der Waals surface area contributed by atoms with Gasteiger partial charge in [0.2, 0.25) is 11.8 Å². The van der Waals surface area contributed by atoms with E-state index in [1.165, 1.54) is 103 Å². The first-order valence-corrected chi connectivity index (χ1v) is 28.7. The molecular weight excluding hydrogens is 823 g/mol. The first-order chi connectivity index (χ1) is 32.1. The Morgan fingerprint density at radius 1 is 0.409 bits per heavy atom. The molecule has 0 spiro atoms. The van der Waals surface area contributed by atoms with Crippen LogP contribution in [0.2, 0.25) is 0 Å². The molecule has 66 heavy (non-hydrogen) atoms. The van der Waals surface area contributed by atoms with Crippen molar-refractivity contribution in [3.63, 3.8) is 0 Å². The van der Waals surface area contributed by atoms with Gasteiger partial charge in [0.25, 0.3) is 0 Å². The van der Waals surface area contributed by atoms with Crippen molar-refractivity contribution in [3.8, 4) is 0 Å². The highest BCUT2D eigenvalue weighted by Crippen LogP contribution is 2.22. The molecule has 0 aliphatic heterocycles. The predicted octanol–water partition coefficient (Wildman–Crippen LogP) is 15.1. The Kier molecular flexibility index (Phi) is 46.3. The Balaban J connectivity index is 5.12. The Morgan fingerprint density at radius 2 is 0.788 bits per heavy atom. The second-order valence-corrected chi connectivity index (χ2v) is 20.3. The summed E-state index contributed by atoms with van der Waals surface area (Å²) in [4.78, 5) is 57.2. The van der Waals surface area contributed by atoms with Crippen molar-refractivity contribution >= 4 is 23.8 Å². The first kappa shape index (κ1) is 63.8. The number of ether oxygens (including phenoxy) is 2. The van der Waals surface area contributed by atoms with Crippen LogP contribution >= 0.6 is 0 Å². The number of esters is 2. The van der Waals surface area contributed by atoms with Gasteiger partial charge in [0.15, 0.2) is 0 Å². The van der Waals surface area contributed by atoms with E-state index in [2.05, 4.69) is 44.8 Å². The maximum absolute atomic E-state index is 14.0. The third-order valence-corrected chi connectivity index (χ3v) is 13.5. The number of hydrogen-bond donors (Lipinski definition) is 1. The minimum atomic E-state index is -0.445. The van der Waals surface area contributed by atoms with Gasteiger partial charge in [-0.15, -0.1) is 0 Å². The van der Waals surface area contributed by atoms with Crippen molar-refractivity contribution in [2.75, 3.05) is 46.9 Å². The Labute approximate surface area is 409 Å². The van der Waals surface area contributed by atoms with Crippen LogP contribution in [0.5, 0.6) is 0 Å². The van der Waals surface area contributed by atoms with E-state index in [9.17, 15) is 19.2 Å². The van der Waals surface area contributed by atoms with E-state index in [0.717, 1.165) is 122 Å². The number of amides is 2. The predicted molar refractivity (Wildman–Crippen MR) is 280 cm³/mol. The molecule has 0 saturated heterocycles. The number of nitrogens with zero attached hydrogens (tertiary/aromatic N) is 2. The summed E-state index contributed by atoms with van der Waals surface area (Å²) >= 11 is 0. The maximum atomic E-state index is 14.0. The van der Waals surface area contributed by atoms with Gasteiger partial charge in [-0.3, -0.25) is 19.2 Å². The summed E-state index contributed by atoms with van der Waals surface area (Å²) in [5, 5.41) is 3.21. The van der Waals surface area contributed by atoms with Crippen LogP contribution in [0.25, 0.3) is 0 Å². The zero-order valence-electron chi connectivity index (χ0n) is 45.0. The van der Waals surface area contributed by atoms with Gasteiger partial charge < -0.3 is 24.6 Å². The number of carbonyl (C=O) groups is 4. The number of carbonyl (C=O) groups excluding carboxylic acids is 4. The average molecular weight is 935 g/mol. The fourth-order valence-corrected chi connectivity index (χ4v) is 9.10. The SMILES string of the molecule is CCCCCCCCN(C(=O)CCCCCCCC(=O)OCC(CCCC)CCCCCC)C(CCCCCCCCC(=O)OCC(CCCC)CCCCCC)C(=O)NCCCN(C)C. The lowest BCUT2D eigenvalue weighted by Crippen LogP contribution is -2.50. The minimum absolute atomic E-state index is 0.00967. The molecule has 0 aromatic carbocycles. The van der Waals surface area contributed by atoms with Crippen LogP contribution in [-0.2, 0) is 28.7 Å². The molecule has 3 atom stereocenters. The molecule has 0 aliphatic rings. The van der Waals surface area contributed by atoms with Gasteiger partial charge in [-0.05, 0) is 96.7 Å². The number of rotatable bonds is 50. The summed E-state index contributed by atoms with van der Waals surface area (Å²) in [6.07, 6.45) is 39.7. The van der Waals surface area contributed by atoms with Crippen molar-refractivity contribution in [2.24, 2.45) is 11.8 Å². The largest absolute Gasteiger partial charge is 0.465 e. The molecule has 3 unspecified atom stereocenters. The number of hydrogen-bond acceptors (Lipinski definition) is 7. The van der Waals surface area contributed by atoms with Crippen LogP contribution in [0.1, 0.15) is 279 Å². The first-order valence-electron chi connectivity index (χ1n) is 28.7. The maximum Gasteiger partial charge on any atom is 0.305 e. The highest BCUT2D eigenvalue weighted by atomic mass is 16.5. The molecule has 9 heteroatoms. The van der Waals surface area contributed by atoms with Crippen molar-refractivity contribution < 1.29 is 28.7 Å². The second kappa shape index (κ2) is 47.9. The van der Waals surface area contributed by atoms with Crippen LogP contribution < -0.4 is 5.32 Å². The molecular formula is C57H111N3O6. The van der Waals surface area contributed by atoms with Gasteiger partial charge in [0.05, 0.1) is 13.2 Å². The van der Waals surface area contributed by atoms with Gasteiger partial charge in [-0.25, -0.2) is 0 Å². The molecule has 0 heterocycles. The Morgan fingerprint density at radius 3 is 1.26 bits per heavy atom. The van der Waals surface area contributed by atoms with Crippen LogP contribution in [0, 0.1) is 11.8 Å². The van der Waals surface area contributed by atoms with Gasteiger partial charge in [-0.1, -0.05) is 195 Å². The lowest BCUT2D eigenvalue weighted by molar-refractivity contribution is -0.146. The zero-order chi connectivity index (χ0) is 48.7. The molecule has 0 bridgehead atoms. The smallest absolute Gasteiger partial charge is 0.305 e. The topological polar surface area (TPSA) is 105 Å². The normalized spacial score (nSPS) is 12.8. The number of nitrogens with one attached hydrogen (secondary N) is 1. The van der Waals surface area contributed by atoms with Crippen LogP contribution in [0.3, 0.4) is 0 Å². The minimum Gasteiger partial charge on any atom is -0.465 e. The van der Waals surface area contributed by atoms with Crippen molar-refractivity contribution in [1.29, 1.82) is 0 Å². The van der Waals surface area contributed by atoms with E-state index < -0.39 is 6.04 Å². The average Bonchev–Trinajstić information content (AvgIpc) is 3.30. The molecule has 390 valence electrons. The van der Waals surface area contributed by atoms with Gasteiger partial charge >= 0.3 is 11.9 Å². The molecule has 0 radical (unpaired) electrons. The lowest BCUT2D eigenvalue weighted by atomic mass is 9.96. The summed E-state index contributed by atoms with van der Waals surface area (Å²) in [7, 11) is 4.10. The van der Waals surface area contributed by atoms with E-state index in [-0.39, 0.29) is 23.8 Å². The van der Waals surface area contributed by atoms with Gasteiger partial charge in [0.1, 0.15) is 6.04 Å². The molecule has 1 N–H and O–H groups in total. The van der Waals surface area contributed by atoms with Crippen molar-refractivity contribution in [3.05, 3.63) is 0 Å². The molecule has 0 saturated carbocycles. The summed E-state index contributed by atoms with van der Waals surface area (Å²) < 4.78 is 11.5. The van der Waals surface area contributed by atoms with Gasteiger partial charge in [0, 0.05) is 32.4 Å². The Hall–Kier alpha value is -2.16. The highest BCUT2D eigenvalue weighted by Gasteiger charge is 2.29. The second-order valence-electron chi connectivity index (χ2n) is 20.3. The zero-order valence-corrected chi connectivity index (χ0v) is 45.0. The van der Waals surface area contributed by atoms with Crippen LogP contribution in [0.15, 0.2) is 0 Å². The Bertz CT molecular complexity index is 1120. The highest BCUT2D eigenvalue weighted by molar-refractivity contribution is 5.87. The third kappa shape index (κ3) is 39.8. The van der Waals surface area contributed by atoms with Crippen LogP contribution in [0.4, 0.5) is 0 Å². The van der Waals surface area contributed by atoms with E-state index in [0.29, 0.717) is 63.8 Å². The standard InChI is InChI=1S/C57H111N3O6/c1-8-13-18-21-29-36-48-60(54(61)43-33-26-24-28-35-45-56(63)66-50-52(39-17-12-5)41-31-20-15-10-3)53(57(64)58-46-37-47-59(6)7)42-32-25-22-23-27-34-44-55(62)65-49-51(38-16-11-4)40-30-19-14-9-2/h51-53H,8-50H2,1-7H3,(H,58,64). The molecule has 0 rings (SSSR count). The molecule has 0 aliphatic carbocycles. The summed E-state index contributed by atoms with van der Waals surface area (Å²) in [5.41, 5.74) is 0. The van der Waals surface area contributed by atoms with Gasteiger partial charge in [-0.2, -0.15) is 0 Å². The van der Waals surface area contributed by atoms with E-state index in [1.54, 1.807) is 0 Å². The molecule has 2 amide bonds. The van der Waals surface area contributed by atoms with E-state index >= 15 is 0 Å². The van der Waals surface area contributed by atoms with E-state index in [4.69, 9.17) is 9.47 Å². The van der Waals surface area contributed by atoms with E-state index in [1.807, 2.05) is 19.0 Å². The van der Waals surface area contributed by atoms with Crippen LogP contribution in [-0.4, -0.2) is 86.5 Å². The monoisotopic (exact) mass is 934 g/mol. The fourth-order valence-electron chi connectivity index (χ4n) is 9.10. The lowest BCUT2D eigenvalue weighted by Gasteiger charge is -2.31. The third-order valence-electron chi connectivity index (χ3n) is 13.5. The summed E-state index contributed by atoms with van der Waals surface area (Å²) in [6, 6.07) is -0.445. The van der Waals surface area contributed by atoms with Crippen molar-refractivity contribution in [1.82, 2.24) is 15.1 Å². The molecule has 0 fully saturated rings. The van der Waals surface area contributed by atoms with Crippen molar-refractivity contribution in [2.45, 2.75) is 285 Å². The quantitative estimate of drug-likeness (QED) is 0.0478. The summed E-state index contributed by atoms with van der Waals surface area (Å²) in [5.74, 6) is 0.961. The molecule has 0 aromatic rings. The summed E-state index contributed by atoms with van der Waals surface area (Å²) in [6.45, 7) is 14.5.